The highest BCUT2D eigenvalue weighted by Crippen LogP contribution is 2.22. The van der Waals surface area contributed by atoms with E-state index in [1.54, 1.807) is 0 Å². The van der Waals surface area contributed by atoms with Gasteiger partial charge in [-0.1, -0.05) is 12.1 Å². The van der Waals surface area contributed by atoms with Crippen LogP contribution in [0.1, 0.15) is 11.1 Å². The minimum Gasteiger partial charge on any atom is -0.395 e. The number of piperazine rings is 1. The molecule has 0 aliphatic carbocycles. The molecule has 0 unspecified atom stereocenters. The maximum absolute atomic E-state index is 8.94. The molecule has 0 spiro atoms. The molecule has 3 N–H and O–H groups in total. The van der Waals surface area contributed by atoms with Gasteiger partial charge in [-0.3, -0.25) is 4.90 Å². The Morgan fingerprint density at radius 1 is 1.22 bits per heavy atom. The standard InChI is InChI=1S/C14H23N3O/c1-12-10-13(11-15)2-3-14(12)17-6-4-16(5-7-17)8-9-18/h2-3,10,18H,4-9,11,15H2,1H3. The molecule has 1 aromatic carbocycles. The number of nitrogens with two attached hydrogens (primary N) is 1. The molecule has 1 aliphatic heterocycles. The molecule has 0 amide bonds. The topological polar surface area (TPSA) is 52.7 Å². The second-order valence-corrected chi connectivity index (χ2v) is 4.88. The largest absolute Gasteiger partial charge is 0.395 e. The number of aryl methyl sites for hydroxylation is 1. The summed E-state index contributed by atoms with van der Waals surface area (Å²) < 4.78 is 0. The molecule has 1 aliphatic rings. The third kappa shape index (κ3) is 3.02. The Hall–Kier alpha value is -1.10. The van der Waals surface area contributed by atoms with E-state index in [9.17, 15) is 0 Å². The van der Waals surface area contributed by atoms with E-state index in [1.165, 1.54) is 16.8 Å². The van der Waals surface area contributed by atoms with Crippen LogP contribution in [0.5, 0.6) is 0 Å². The van der Waals surface area contributed by atoms with E-state index in [0.29, 0.717) is 6.54 Å². The number of hydrogen-bond donors (Lipinski definition) is 2. The van der Waals surface area contributed by atoms with Gasteiger partial charge in [-0.2, -0.15) is 0 Å². The van der Waals surface area contributed by atoms with Crippen LogP contribution in [0.3, 0.4) is 0 Å². The smallest absolute Gasteiger partial charge is 0.0558 e. The lowest BCUT2D eigenvalue weighted by Gasteiger charge is -2.36. The van der Waals surface area contributed by atoms with Gasteiger partial charge >= 0.3 is 0 Å². The molecule has 4 nitrogen and oxygen atoms in total. The van der Waals surface area contributed by atoms with Gasteiger partial charge in [0.05, 0.1) is 6.61 Å². The number of hydrogen-bond acceptors (Lipinski definition) is 4. The lowest BCUT2D eigenvalue weighted by atomic mass is 10.1. The summed E-state index contributed by atoms with van der Waals surface area (Å²) in [5.41, 5.74) is 9.46. The van der Waals surface area contributed by atoms with Crippen molar-refractivity contribution in [1.29, 1.82) is 0 Å². The second-order valence-electron chi connectivity index (χ2n) is 4.88. The van der Waals surface area contributed by atoms with E-state index in [2.05, 4.69) is 34.9 Å². The Balaban J connectivity index is 2.01. The predicted octanol–water partition coefficient (Wildman–Crippen LogP) is 0.568. The van der Waals surface area contributed by atoms with Crippen molar-refractivity contribution in [3.63, 3.8) is 0 Å². The van der Waals surface area contributed by atoms with Crippen LogP contribution in [0.4, 0.5) is 5.69 Å². The zero-order chi connectivity index (χ0) is 13.0. The van der Waals surface area contributed by atoms with Gasteiger partial charge in [-0.05, 0) is 24.1 Å². The van der Waals surface area contributed by atoms with Crippen molar-refractivity contribution in [2.24, 2.45) is 5.73 Å². The molecule has 1 aromatic rings. The van der Waals surface area contributed by atoms with Crippen LogP contribution in [-0.4, -0.2) is 49.3 Å². The Bertz CT molecular complexity index is 387. The molecule has 100 valence electrons. The molecular weight excluding hydrogens is 226 g/mol. The number of aliphatic hydroxyl groups excluding tert-OH is 1. The molecule has 0 atom stereocenters. The minimum absolute atomic E-state index is 0.254. The molecule has 4 heteroatoms. The van der Waals surface area contributed by atoms with E-state index in [4.69, 9.17) is 10.8 Å². The summed E-state index contributed by atoms with van der Waals surface area (Å²) in [4.78, 5) is 4.73. The fraction of sp³-hybridized carbons (Fsp3) is 0.571. The lowest BCUT2D eigenvalue weighted by molar-refractivity contribution is 0.188. The van der Waals surface area contributed by atoms with Crippen LogP contribution in [-0.2, 0) is 6.54 Å². The number of rotatable bonds is 4. The zero-order valence-electron chi connectivity index (χ0n) is 11.1. The van der Waals surface area contributed by atoms with Crippen molar-refractivity contribution >= 4 is 5.69 Å². The quantitative estimate of drug-likeness (QED) is 0.819. The molecule has 0 bridgehead atoms. The zero-order valence-corrected chi connectivity index (χ0v) is 11.1. The van der Waals surface area contributed by atoms with Crippen molar-refractivity contribution in [2.75, 3.05) is 44.2 Å². The summed E-state index contributed by atoms with van der Waals surface area (Å²) in [6.45, 7) is 7.91. The van der Waals surface area contributed by atoms with Gasteiger partial charge in [0.25, 0.3) is 0 Å². The van der Waals surface area contributed by atoms with Crippen molar-refractivity contribution in [3.05, 3.63) is 29.3 Å². The Kier molecular flexibility index (Phi) is 4.58. The monoisotopic (exact) mass is 249 g/mol. The van der Waals surface area contributed by atoms with Crippen LogP contribution in [0.15, 0.2) is 18.2 Å². The predicted molar refractivity (Wildman–Crippen MR) is 74.8 cm³/mol. The summed E-state index contributed by atoms with van der Waals surface area (Å²) in [5, 5.41) is 8.94. The van der Waals surface area contributed by atoms with E-state index in [1.807, 2.05) is 0 Å². The average molecular weight is 249 g/mol. The van der Waals surface area contributed by atoms with E-state index >= 15 is 0 Å². The maximum Gasteiger partial charge on any atom is 0.0558 e. The lowest BCUT2D eigenvalue weighted by Crippen LogP contribution is -2.47. The van der Waals surface area contributed by atoms with Gasteiger partial charge in [0.2, 0.25) is 0 Å². The summed E-state index contributed by atoms with van der Waals surface area (Å²) in [7, 11) is 0. The van der Waals surface area contributed by atoms with Gasteiger partial charge in [0, 0.05) is 45.0 Å². The molecule has 1 fully saturated rings. The normalized spacial score (nSPS) is 17.2. The van der Waals surface area contributed by atoms with Gasteiger partial charge < -0.3 is 15.7 Å². The van der Waals surface area contributed by atoms with Crippen LogP contribution in [0, 0.1) is 6.92 Å². The van der Waals surface area contributed by atoms with Crippen LogP contribution >= 0.6 is 0 Å². The number of nitrogens with zero attached hydrogens (tertiary/aromatic N) is 2. The van der Waals surface area contributed by atoms with Gasteiger partial charge in [0.1, 0.15) is 0 Å². The molecule has 2 rings (SSSR count). The highest BCUT2D eigenvalue weighted by atomic mass is 16.3. The first kappa shape index (κ1) is 13.3. The minimum atomic E-state index is 0.254. The Labute approximate surface area is 109 Å². The van der Waals surface area contributed by atoms with E-state index < -0.39 is 0 Å². The van der Waals surface area contributed by atoms with Crippen molar-refractivity contribution in [1.82, 2.24) is 4.90 Å². The summed E-state index contributed by atoms with van der Waals surface area (Å²) in [5.74, 6) is 0. The first-order valence-corrected chi connectivity index (χ1v) is 6.62. The number of anilines is 1. The van der Waals surface area contributed by atoms with Crippen LogP contribution in [0.25, 0.3) is 0 Å². The summed E-state index contributed by atoms with van der Waals surface area (Å²) in [6.07, 6.45) is 0. The third-order valence-corrected chi connectivity index (χ3v) is 3.63. The number of β-amino-alcohol motifs (C(OH)–C–C–N with tert-alkyl or cyclic N) is 1. The first-order chi connectivity index (χ1) is 8.74. The van der Waals surface area contributed by atoms with Gasteiger partial charge in [0.15, 0.2) is 0 Å². The van der Waals surface area contributed by atoms with E-state index in [-0.39, 0.29) is 6.61 Å². The second kappa shape index (κ2) is 6.18. The molecule has 1 saturated heterocycles. The highest BCUT2D eigenvalue weighted by molar-refractivity contribution is 5.54. The average Bonchev–Trinajstić information content (AvgIpc) is 2.40. The Morgan fingerprint density at radius 3 is 2.50 bits per heavy atom. The SMILES string of the molecule is Cc1cc(CN)ccc1N1CCN(CCO)CC1. The molecular formula is C14H23N3O. The van der Waals surface area contributed by atoms with E-state index in [0.717, 1.165) is 32.7 Å². The Morgan fingerprint density at radius 2 is 1.94 bits per heavy atom. The van der Waals surface area contributed by atoms with Crippen molar-refractivity contribution in [3.8, 4) is 0 Å². The maximum atomic E-state index is 8.94. The third-order valence-electron chi connectivity index (χ3n) is 3.63. The number of aliphatic hydroxyl groups is 1. The first-order valence-electron chi connectivity index (χ1n) is 6.62. The summed E-state index contributed by atoms with van der Waals surface area (Å²) >= 11 is 0. The molecule has 0 aromatic heterocycles. The molecule has 0 saturated carbocycles. The van der Waals surface area contributed by atoms with Crippen LogP contribution < -0.4 is 10.6 Å². The fourth-order valence-electron chi connectivity index (χ4n) is 2.55. The van der Waals surface area contributed by atoms with Gasteiger partial charge in [-0.15, -0.1) is 0 Å². The molecule has 0 radical (unpaired) electrons. The van der Waals surface area contributed by atoms with Gasteiger partial charge in [-0.25, -0.2) is 0 Å². The fourth-order valence-corrected chi connectivity index (χ4v) is 2.55. The molecule has 1 heterocycles. The summed E-state index contributed by atoms with van der Waals surface area (Å²) in [6, 6.07) is 6.47. The van der Waals surface area contributed by atoms with Crippen molar-refractivity contribution < 1.29 is 5.11 Å². The molecule has 18 heavy (non-hydrogen) atoms. The van der Waals surface area contributed by atoms with Crippen molar-refractivity contribution in [2.45, 2.75) is 13.5 Å². The highest BCUT2D eigenvalue weighted by Gasteiger charge is 2.17. The van der Waals surface area contributed by atoms with Crippen LogP contribution in [0.2, 0.25) is 0 Å². The number of benzene rings is 1.